The van der Waals surface area contributed by atoms with Crippen LogP contribution in [0.4, 0.5) is 0 Å². The van der Waals surface area contributed by atoms with Gasteiger partial charge < -0.3 is 15.1 Å². The third-order valence-electron chi connectivity index (χ3n) is 4.32. The van der Waals surface area contributed by atoms with Gasteiger partial charge in [0.2, 0.25) is 5.91 Å². The highest BCUT2D eigenvalue weighted by atomic mass is 16.3. The third kappa shape index (κ3) is 4.47. The first kappa shape index (κ1) is 16.3. The lowest BCUT2D eigenvalue weighted by molar-refractivity contribution is -0.121. The average molecular weight is 326 g/mol. The number of hydrogen-bond donors (Lipinski definition) is 2. The molecule has 1 aromatic heterocycles. The Balaban J connectivity index is 1.27. The number of hydrogen-bond acceptors (Lipinski definition) is 3. The van der Waals surface area contributed by atoms with Gasteiger partial charge in [-0.3, -0.25) is 9.59 Å². The molecule has 5 heteroatoms. The molecule has 24 heavy (non-hydrogen) atoms. The molecule has 0 aliphatic heterocycles. The van der Waals surface area contributed by atoms with E-state index in [9.17, 15) is 9.59 Å². The topological polar surface area (TPSA) is 71.3 Å². The number of rotatable bonds is 8. The summed E-state index contributed by atoms with van der Waals surface area (Å²) in [5.41, 5.74) is 1.36. The van der Waals surface area contributed by atoms with Crippen LogP contribution in [0.15, 0.2) is 53.1 Å². The Morgan fingerprint density at radius 3 is 2.67 bits per heavy atom. The van der Waals surface area contributed by atoms with E-state index < -0.39 is 0 Å². The van der Waals surface area contributed by atoms with Gasteiger partial charge in [0.05, 0.1) is 6.26 Å². The summed E-state index contributed by atoms with van der Waals surface area (Å²) in [5, 5.41) is 5.72. The van der Waals surface area contributed by atoms with E-state index in [4.69, 9.17) is 4.42 Å². The van der Waals surface area contributed by atoms with Crippen LogP contribution in [-0.2, 0) is 4.79 Å². The highest BCUT2D eigenvalue weighted by molar-refractivity contribution is 5.91. The van der Waals surface area contributed by atoms with Crippen LogP contribution in [-0.4, -0.2) is 24.9 Å². The van der Waals surface area contributed by atoms with Crippen molar-refractivity contribution in [2.75, 3.05) is 13.1 Å². The molecule has 2 atom stereocenters. The standard InChI is InChI=1S/C19H22N2O3/c22-18(9-4-10-20-19(23)17-8-5-11-24-17)21-13-15-12-16(15)14-6-2-1-3-7-14/h1-3,5-8,11,15-16H,4,9-10,12-13H2,(H,20,23)(H,21,22)/t15-,16-/m1/s1. The summed E-state index contributed by atoms with van der Waals surface area (Å²) < 4.78 is 5.00. The van der Waals surface area contributed by atoms with Gasteiger partial charge in [-0.2, -0.15) is 0 Å². The molecule has 1 aliphatic carbocycles. The van der Waals surface area contributed by atoms with Crippen molar-refractivity contribution >= 4 is 11.8 Å². The molecule has 0 unspecified atom stereocenters. The number of carbonyl (C=O) groups excluding carboxylic acids is 2. The Kier molecular flexibility index (Phi) is 5.31. The third-order valence-corrected chi connectivity index (χ3v) is 4.32. The number of nitrogens with one attached hydrogen (secondary N) is 2. The Morgan fingerprint density at radius 1 is 1.08 bits per heavy atom. The van der Waals surface area contributed by atoms with Gasteiger partial charge in [0.15, 0.2) is 5.76 Å². The van der Waals surface area contributed by atoms with Crippen LogP contribution in [0.1, 0.15) is 41.3 Å². The van der Waals surface area contributed by atoms with Crippen molar-refractivity contribution in [2.24, 2.45) is 5.92 Å². The van der Waals surface area contributed by atoms with Crippen molar-refractivity contribution in [3.8, 4) is 0 Å². The van der Waals surface area contributed by atoms with Crippen LogP contribution in [0.3, 0.4) is 0 Å². The SMILES string of the molecule is O=C(CCCNC(=O)c1ccco1)NC[C@H]1C[C@@H]1c1ccccc1. The van der Waals surface area contributed by atoms with E-state index in [1.807, 2.05) is 6.07 Å². The van der Waals surface area contributed by atoms with E-state index in [2.05, 4.69) is 34.9 Å². The van der Waals surface area contributed by atoms with Gasteiger partial charge in [0, 0.05) is 19.5 Å². The zero-order valence-electron chi connectivity index (χ0n) is 13.5. The summed E-state index contributed by atoms with van der Waals surface area (Å²) in [7, 11) is 0. The fourth-order valence-corrected chi connectivity index (χ4v) is 2.86. The van der Waals surface area contributed by atoms with Crippen molar-refractivity contribution < 1.29 is 14.0 Å². The molecule has 1 aliphatic rings. The molecule has 0 saturated heterocycles. The molecule has 0 spiro atoms. The van der Waals surface area contributed by atoms with Gasteiger partial charge in [-0.1, -0.05) is 30.3 Å². The predicted octanol–water partition coefficient (Wildman–Crippen LogP) is 2.71. The monoisotopic (exact) mass is 326 g/mol. The number of amides is 2. The maximum absolute atomic E-state index is 11.8. The molecular formula is C19H22N2O3. The Labute approximate surface area is 141 Å². The summed E-state index contributed by atoms with van der Waals surface area (Å²) in [4.78, 5) is 23.5. The second-order valence-corrected chi connectivity index (χ2v) is 6.15. The molecule has 2 aromatic rings. The smallest absolute Gasteiger partial charge is 0.286 e. The lowest BCUT2D eigenvalue weighted by Gasteiger charge is -2.06. The zero-order chi connectivity index (χ0) is 16.8. The van der Waals surface area contributed by atoms with E-state index in [1.165, 1.54) is 11.8 Å². The largest absolute Gasteiger partial charge is 0.459 e. The van der Waals surface area contributed by atoms with Gasteiger partial charge in [-0.05, 0) is 42.4 Å². The Morgan fingerprint density at radius 2 is 1.92 bits per heavy atom. The molecule has 2 amide bonds. The maximum Gasteiger partial charge on any atom is 0.286 e. The number of benzene rings is 1. The van der Waals surface area contributed by atoms with E-state index in [1.54, 1.807) is 12.1 Å². The molecule has 1 aromatic carbocycles. The maximum atomic E-state index is 11.8. The van der Waals surface area contributed by atoms with Gasteiger partial charge in [-0.25, -0.2) is 0 Å². The lowest BCUT2D eigenvalue weighted by Crippen LogP contribution is -2.28. The zero-order valence-corrected chi connectivity index (χ0v) is 13.5. The van der Waals surface area contributed by atoms with Crippen LogP contribution in [0.25, 0.3) is 0 Å². The van der Waals surface area contributed by atoms with E-state index >= 15 is 0 Å². The Bertz CT molecular complexity index is 667. The van der Waals surface area contributed by atoms with Crippen LogP contribution in [0.2, 0.25) is 0 Å². The summed E-state index contributed by atoms with van der Waals surface area (Å²) in [6, 6.07) is 13.7. The first-order valence-corrected chi connectivity index (χ1v) is 8.37. The van der Waals surface area contributed by atoms with Crippen molar-refractivity contribution in [1.29, 1.82) is 0 Å². The molecule has 1 heterocycles. The fourth-order valence-electron chi connectivity index (χ4n) is 2.86. The van der Waals surface area contributed by atoms with Crippen LogP contribution < -0.4 is 10.6 Å². The minimum atomic E-state index is -0.246. The fraction of sp³-hybridized carbons (Fsp3) is 0.368. The minimum absolute atomic E-state index is 0.0426. The van der Waals surface area contributed by atoms with Gasteiger partial charge in [-0.15, -0.1) is 0 Å². The van der Waals surface area contributed by atoms with Crippen molar-refractivity contribution in [1.82, 2.24) is 10.6 Å². The molecule has 0 radical (unpaired) electrons. The molecule has 1 fully saturated rings. The minimum Gasteiger partial charge on any atom is -0.459 e. The van der Waals surface area contributed by atoms with Crippen molar-refractivity contribution in [2.45, 2.75) is 25.2 Å². The predicted molar refractivity (Wildman–Crippen MR) is 90.6 cm³/mol. The summed E-state index contributed by atoms with van der Waals surface area (Å²) in [6.45, 7) is 1.19. The van der Waals surface area contributed by atoms with Crippen LogP contribution in [0.5, 0.6) is 0 Å². The number of carbonyl (C=O) groups is 2. The molecule has 126 valence electrons. The second kappa shape index (κ2) is 7.81. The second-order valence-electron chi connectivity index (χ2n) is 6.15. The van der Waals surface area contributed by atoms with Crippen LogP contribution >= 0.6 is 0 Å². The molecule has 1 saturated carbocycles. The van der Waals surface area contributed by atoms with Gasteiger partial charge in [0.25, 0.3) is 5.91 Å². The highest BCUT2D eigenvalue weighted by Crippen LogP contribution is 2.46. The average Bonchev–Trinajstić information content (AvgIpc) is 3.18. The van der Waals surface area contributed by atoms with Crippen molar-refractivity contribution in [3.05, 3.63) is 60.1 Å². The summed E-state index contributed by atoms with van der Waals surface area (Å²) >= 11 is 0. The van der Waals surface area contributed by atoms with E-state index in [-0.39, 0.29) is 11.8 Å². The molecule has 2 N–H and O–H groups in total. The molecule has 3 rings (SSSR count). The summed E-state index contributed by atoms with van der Waals surface area (Å²) in [6.07, 6.45) is 3.64. The first-order valence-electron chi connectivity index (χ1n) is 8.37. The van der Waals surface area contributed by atoms with Crippen LogP contribution in [0, 0.1) is 5.92 Å². The van der Waals surface area contributed by atoms with Gasteiger partial charge >= 0.3 is 0 Å². The molecule has 5 nitrogen and oxygen atoms in total. The number of furan rings is 1. The quantitative estimate of drug-likeness (QED) is 0.733. The molecular weight excluding hydrogens is 304 g/mol. The first-order chi connectivity index (χ1) is 11.7. The van der Waals surface area contributed by atoms with Gasteiger partial charge in [0.1, 0.15) is 0 Å². The lowest BCUT2D eigenvalue weighted by atomic mass is 10.1. The van der Waals surface area contributed by atoms with E-state index in [0.29, 0.717) is 37.0 Å². The van der Waals surface area contributed by atoms with Crippen molar-refractivity contribution in [3.63, 3.8) is 0 Å². The normalized spacial score (nSPS) is 18.8. The summed E-state index contributed by atoms with van der Waals surface area (Å²) in [5.74, 6) is 1.22. The Hall–Kier alpha value is -2.56. The molecule has 0 bridgehead atoms. The highest BCUT2D eigenvalue weighted by Gasteiger charge is 2.37. The van der Waals surface area contributed by atoms with E-state index in [0.717, 1.165) is 13.0 Å².